The van der Waals surface area contributed by atoms with Gasteiger partial charge in [-0.25, -0.2) is 4.39 Å². The number of anilines is 1. The predicted molar refractivity (Wildman–Crippen MR) is 74.2 cm³/mol. The van der Waals surface area contributed by atoms with E-state index in [-0.39, 0.29) is 11.7 Å². The lowest BCUT2D eigenvalue weighted by Gasteiger charge is -2.18. The minimum atomic E-state index is -0.301. The van der Waals surface area contributed by atoms with E-state index in [4.69, 9.17) is 5.84 Å². The van der Waals surface area contributed by atoms with Gasteiger partial charge in [0.25, 0.3) is 5.91 Å². The number of nitrogens with two attached hydrogens (primary N) is 1. The van der Waals surface area contributed by atoms with Crippen molar-refractivity contribution < 1.29 is 9.18 Å². The molecule has 0 aliphatic carbocycles. The third kappa shape index (κ3) is 3.10. The van der Waals surface area contributed by atoms with Crippen LogP contribution < -0.4 is 11.3 Å². The Morgan fingerprint density at radius 1 is 1.35 bits per heavy atom. The number of aromatic nitrogens is 1. The van der Waals surface area contributed by atoms with Crippen LogP contribution in [0.3, 0.4) is 0 Å². The number of benzene rings is 1. The van der Waals surface area contributed by atoms with Crippen molar-refractivity contribution >= 4 is 11.6 Å². The van der Waals surface area contributed by atoms with Crippen molar-refractivity contribution in [3.8, 4) is 0 Å². The highest BCUT2D eigenvalue weighted by molar-refractivity contribution is 5.99. The van der Waals surface area contributed by atoms with Crippen LogP contribution in [-0.2, 0) is 6.54 Å². The molecule has 0 saturated heterocycles. The normalized spacial score (nSPS) is 10.2. The Morgan fingerprint density at radius 2 is 2.05 bits per heavy atom. The zero-order valence-corrected chi connectivity index (χ0v) is 11.0. The van der Waals surface area contributed by atoms with Crippen molar-refractivity contribution in [1.82, 2.24) is 9.88 Å². The van der Waals surface area contributed by atoms with Gasteiger partial charge in [0, 0.05) is 26.0 Å². The summed E-state index contributed by atoms with van der Waals surface area (Å²) in [7, 11) is 1.67. The summed E-state index contributed by atoms with van der Waals surface area (Å²) in [6, 6.07) is 7.64. The van der Waals surface area contributed by atoms with Gasteiger partial charge >= 0.3 is 0 Å². The standard InChI is InChI=1S/C14H15FN4O/c1-19(9-10-2-4-11(15)5-3-10)14(20)12-8-17-7-6-13(12)18-16/h2-8H,9,16H2,1H3,(H,17,18). The summed E-state index contributed by atoms with van der Waals surface area (Å²) in [5, 5.41) is 0. The number of hydrogen-bond donors (Lipinski definition) is 2. The highest BCUT2D eigenvalue weighted by atomic mass is 19.1. The average molecular weight is 274 g/mol. The zero-order valence-electron chi connectivity index (χ0n) is 11.0. The Morgan fingerprint density at radius 3 is 2.70 bits per heavy atom. The Kier molecular flexibility index (Phi) is 4.27. The van der Waals surface area contributed by atoms with Crippen molar-refractivity contribution in [3.05, 3.63) is 59.7 Å². The summed E-state index contributed by atoms with van der Waals surface area (Å²) in [4.78, 5) is 17.8. The number of nitrogens with zero attached hydrogens (tertiary/aromatic N) is 2. The van der Waals surface area contributed by atoms with Crippen molar-refractivity contribution in [2.75, 3.05) is 12.5 Å². The molecule has 104 valence electrons. The molecule has 2 aromatic rings. The van der Waals surface area contributed by atoms with E-state index in [2.05, 4.69) is 10.4 Å². The van der Waals surface area contributed by atoms with Crippen LogP contribution in [0.5, 0.6) is 0 Å². The molecule has 1 aromatic heterocycles. The molecule has 20 heavy (non-hydrogen) atoms. The molecule has 2 rings (SSSR count). The van der Waals surface area contributed by atoms with Crippen LogP contribution in [0.2, 0.25) is 0 Å². The molecule has 0 saturated carbocycles. The van der Waals surface area contributed by atoms with Crippen molar-refractivity contribution in [3.63, 3.8) is 0 Å². The molecule has 5 nitrogen and oxygen atoms in total. The molecule has 3 N–H and O–H groups in total. The summed E-state index contributed by atoms with van der Waals surface area (Å²) >= 11 is 0. The first-order valence-corrected chi connectivity index (χ1v) is 6.02. The van der Waals surface area contributed by atoms with Gasteiger partial charge in [0.05, 0.1) is 11.3 Å². The summed E-state index contributed by atoms with van der Waals surface area (Å²) in [6.07, 6.45) is 3.00. The topological polar surface area (TPSA) is 71.2 Å². The van der Waals surface area contributed by atoms with Crippen LogP contribution in [0.25, 0.3) is 0 Å². The van der Waals surface area contributed by atoms with Gasteiger partial charge in [0.2, 0.25) is 0 Å². The third-order valence-electron chi connectivity index (χ3n) is 2.89. The van der Waals surface area contributed by atoms with Crippen molar-refractivity contribution in [2.45, 2.75) is 6.54 Å². The van der Waals surface area contributed by atoms with Gasteiger partial charge in [-0.15, -0.1) is 0 Å². The first-order valence-electron chi connectivity index (χ1n) is 6.02. The summed E-state index contributed by atoms with van der Waals surface area (Å²) < 4.78 is 12.8. The van der Waals surface area contributed by atoms with Gasteiger partial charge in [0.1, 0.15) is 5.82 Å². The summed E-state index contributed by atoms with van der Waals surface area (Å²) in [5.74, 6) is 4.85. The van der Waals surface area contributed by atoms with Gasteiger partial charge in [-0.3, -0.25) is 15.6 Å². The molecule has 6 heteroatoms. The number of nitrogen functional groups attached to an aromatic ring is 1. The maximum atomic E-state index is 12.8. The van der Waals surface area contributed by atoms with E-state index < -0.39 is 0 Å². The predicted octanol–water partition coefficient (Wildman–Crippen LogP) is 1.78. The lowest BCUT2D eigenvalue weighted by Crippen LogP contribution is -2.27. The van der Waals surface area contributed by atoms with E-state index in [0.29, 0.717) is 17.8 Å². The Hall–Kier alpha value is -2.47. The number of nitrogens with one attached hydrogen (secondary N) is 1. The van der Waals surface area contributed by atoms with Crippen LogP contribution in [0.15, 0.2) is 42.7 Å². The molecule has 0 radical (unpaired) electrons. The summed E-state index contributed by atoms with van der Waals surface area (Å²) in [6.45, 7) is 0.373. The number of carbonyl (C=O) groups excluding carboxylic acids is 1. The Labute approximate surface area is 116 Å². The lowest BCUT2D eigenvalue weighted by atomic mass is 10.1. The van der Waals surface area contributed by atoms with E-state index in [1.54, 1.807) is 31.4 Å². The second-order valence-electron chi connectivity index (χ2n) is 4.35. The molecule has 0 atom stereocenters. The fourth-order valence-electron chi connectivity index (χ4n) is 1.83. The van der Waals surface area contributed by atoms with E-state index in [1.807, 2.05) is 0 Å². The van der Waals surface area contributed by atoms with Crippen LogP contribution in [0.4, 0.5) is 10.1 Å². The largest absolute Gasteiger partial charge is 0.337 e. The zero-order chi connectivity index (χ0) is 14.5. The van der Waals surface area contributed by atoms with E-state index >= 15 is 0 Å². The molecule has 1 heterocycles. The number of amides is 1. The van der Waals surface area contributed by atoms with Crippen LogP contribution >= 0.6 is 0 Å². The number of rotatable bonds is 4. The number of pyridine rings is 1. The quantitative estimate of drug-likeness (QED) is 0.658. The molecule has 0 aliphatic rings. The highest BCUT2D eigenvalue weighted by Crippen LogP contribution is 2.15. The first-order chi connectivity index (χ1) is 9.61. The van der Waals surface area contributed by atoms with E-state index in [1.165, 1.54) is 23.2 Å². The Bertz CT molecular complexity index is 600. The Balaban J connectivity index is 2.14. The minimum Gasteiger partial charge on any atom is -0.337 e. The number of carbonyl (C=O) groups is 1. The minimum absolute atomic E-state index is 0.213. The van der Waals surface area contributed by atoms with Gasteiger partial charge in [0.15, 0.2) is 0 Å². The van der Waals surface area contributed by atoms with Crippen LogP contribution in [0, 0.1) is 5.82 Å². The average Bonchev–Trinajstić information content (AvgIpc) is 2.48. The van der Waals surface area contributed by atoms with Crippen molar-refractivity contribution in [1.29, 1.82) is 0 Å². The fourth-order valence-corrected chi connectivity index (χ4v) is 1.83. The molecule has 0 bridgehead atoms. The van der Waals surface area contributed by atoms with Gasteiger partial charge in [-0.2, -0.15) is 0 Å². The van der Waals surface area contributed by atoms with Gasteiger partial charge < -0.3 is 10.3 Å². The lowest BCUT2D eigenvalue weighted by molar-refractivity contribution is 0.0785. The first kappa shape index (κ1) is 14.0. The van der Waals surface area contributed by atoms with Crippen LogP contribution in [0.1, 0.15) is 15.9 Å². The van der Waals surface area contributed by atoms with Crippen LogP contribution in [-0.4, -0.2) is 22.8 Å². The summed E-state index contributed by atoms with van der Waals surface area (Å²) in [5.41, 5.74) is 4.21. The highest BCUT2D eigenvalue weighted by Gasteiger charge is 2.15. The smallest absolute Gasteiger partial charge is 0.257 e. The monoisotopic (exact) mass is 274 g/mol. The van der Waals surface area contributed by atoms with Crippen molar-refractivity contribution in [2.24, 2.45) is 5.84 Å². The molecule has 1 amide bonds. The molecular weight excluding hydrogens is 259 g/mol. The third-order valence-corrected chi connectivity index (χ3v) is 2.89. The van der Waals surface area contributed by atoms with E-state index in [0.717, 1.165) is 5.56 Å². The molecule has 0 aliphatic heterocycles. The number of halogens is 1. The molecular formula is C14H15FN4O. The van der Waals surface area contributed by atoms with E-state index in [9.17, 15) is 9.18 Å². The second kappa shape index (κ2) is 6.12. The SMILES string of the molecule is CN(Cc1ccc(F)cc1)C(=O)c1cnccc1NN. The molecule has 0 fully saturated rings. The molecule has 0 spiro atoms. The number of hydrazine groups is 1. The fraction of sp³-hybridized carbons (Fsp3) is 0.143. The maximum absolute atomic E-state index is 12.8. The second-order valence-corrected chi connectivity index (χ2v) is 4.35. The molecule has 0 unspecified atom stereocenters. The van der Waals surface area contributed by atoms with Gasteiger partial charge in [-0.1, -0.05) is 12.1 Å². The van der Waals surface area contributed by atoms with Gasteiger partial charge in [-0.05, 0) is 23.8 Å². The number of hydrogen-bond acceptors (Lipinski definition) is 4. The molecule has 1 aromatic carbocycles. The maximum Gasteiger partial charge on any atom is 0.257 e.